The lowest BCUT2D eigenvalue weighted by molar-refractivity contribution is 0.416. The minimum absolute atomic E-state index is 0.384. The van der Waals surface area contributed by atoms with Gasteiger partial charge in [-0.05, 0) is 19.8 Å². The number of hydrogen-bond donors (Lipinski definition) is 0. The van der Waals surface area contributed by atoms with Crippen LogP contribution in [0.1, 0.15) is 38.4 Å². The highest BCUT2D eigenvalue weighted by Crippen LogP contribution is 2.33. The van der Waals surface area contributed by atoms with Crippen LogP contribution < -0.4 is 9.64 Å². The van der Waals surface area contributed by atoms with Gasteiger partial charge in [-0.15, -0.1) is 0 Å². The molecule has 0 amide bonds. The molecule has 0 saturated carbocycles. The summed E-state index contributed by atoms with van der Waals surface area (Å²) in [4.78, 5) is 20.5. The summed E-state index contributed by atoms with van der Waals surface area (Å²) in [5.74, 6) is 1.55. The Bertz CT molecular complexity index is 914. The van der Waals surface area contributed by atoms with Crippen molar-refractivity contribution >= 4 is 17.1 Å². The molecule has 0 aliphatic heterocycles. The van der Waals surface area contributed by atoms with Crippen LogP contribution in [-0.2, 0) is 0 Å². The Morgan fingerprint density at radius 2 is 1.88 bits per heavy atom. The average Bonchev–Trinajstić information content (AvgIpc) is 3.04. The number of pyridine rings is 1. The zero-order valence-corrected chi connectivity index (χ0v) is 16.3. The molecule has 7 nitrogen and oxygen atoms in total. The van der Waals surface area contributed by atoms with Crippen LogP contribution in [0.5, 0.6) is 5.75 Å². The molecule has 3 rings (SSSR count). The molecule has 0 radical (unpaired) electrons. The van der Waals surface area contributed by atoms with Gasteiger partial charge in [-0.25, -0.2) is 19.9 Å². The first-order valence-electron chi connectivity index (χ1n) is 8.93. The van der Waals surface area contributed by atoms with Gasteiger partial charge in [0.15, 0.2) is 11.3 Å². The van der Waals surface area contributed by atoms with Crippen LogP contribution in [0.3, 0.4) is 0 Å². The largest absolute Gasteiger partial charge is 0.496 e. The van der Waals surface area contributed by atoms with Gasteiger partial charge in [0.25, 0.3) is 0 Å². The van der Waals surface area contributed by atoms with E-state index in [0.29, 0.717) is 11.7 Å². The number of imidazole rings is 1. The maximum Gasteiger partial charge on any atom is 0.198 e. The summed E-state index contributed by atoms with van der Waals surface area (Å²) < 4.78 is 7.70. The third-order valence-corrected chi connectivity index (χ3v) is 4.70. The van der Waals surface area contributed by atoms with E-state index in [-0.39, 0.29) is 0 Å². The third-order valence-electron chi connectivity index (χ3n) is 4.70. The van der Waals surface area contributed by atoms with E-state index in [1.54, 1.807) is 13.3 Å². The fourth-order valence-electron chi connectivity index (χ4n) is 3.15. The quantitative estimate of drug-likeness (QED) is 0.673. The molecule has 0 spiro atoms. The van der Waals surface area contributed by atoms with Gasteiger partial charge in [0.05, 0.1) is 30.4 Å². The standard InChI is InChI=1S/C19H26N6O/c1-7-13(8-2)25-11-21-18-19(25)22-12(3)17(23-18)14-10-20-16(24(4)5)9-15(14)26-6/h9-11,13H,7-8H2,1-6H3. The van der Waals surface area contributed by atoms with Crippen LogP contribution in [0, 0.1) is 6.92 Å². The van der Waals surface area contributed by atoms with Crippen molar-refractivity contribution in [1.82, 2.24) is 24.5 Å². The highest BCUT2D eigenvalue weighted by atomic mass is 16.5. The molecular weight excluding hydrogens is 328 g/mol. The van der Waals surface area contributed by atoms with Gasteiger partial charge in [-0.2, -0.15) is 0 Å². The SMILES string of the molecule is CCC(CC)n1cnc2nc(-c3cnc(N(C)C)cc3OC)c(C)nc21. The van der Waals surface area contributed by atoms with Gasteiger partial charge in [0.1, 0.15) is 11.6 Å². The molecule has 7 heteroatoms. The number of nitrogens with zero attached hydrogens (tertiary/aromatic N) is 6. The molecule has 0 N–H and O–H groups in total. The number of aryl methyl sites for hydroxylation is 1. The summed E-state index contributed by atoms with van der Waals surface area (Å²) in [6.07, 6.45) is 5.70. The lowest BCUT2D eigenvalue weighted by Gasteiger charge is -2.16. The summed E-state index contributed by atoms with van der Waals surface area (Å²) >= 11 is 0. The Hall–Kier alpha value is -2.70. The molecule has 0 aromatic carbocycles. The summed E-state index contributed by atoms with van der Waals surface area (Å²) in [5.41, 5.74) is 3.89. The second kappa shape index (κ2) is 7.27. The molecule has 0 aliphatic rings. The monoisotopic (exact) mass is 354 g/mol. The van der Waals surface area contributed by atoms with Crippen molar-refractivity contribution in [3.8, 4) is 17.0 Å². The van der Waals surface area contributed by atoms with Crippen molar-refractivity contribution in [3.05, 3.63) is 24.3 Å². The number of hydrogen-bond acceptors (Lipinski definition) is 6. The van der Waals surface area contributed by atoms with Gasteiger partial charge in [-0.3, -0.25) is 0 Å². The van der Waals surface area contributed by atoms with Crippen LogP contribution >= 0.6 is 0 Å². The Labute approximate surface area is 154 Å². The number of ether oxygens (including phenoxy) is 1. The molecule has 3 aromatic heterocycles. The molecule has 0 atom stereocenters. The van der Waals surface area contributed by atoms with Gasteiger partial charge >= 0.3 is 0 Å². The van der Waals surface area contributed by atoms with Crippen LogP contribution in [0.4, 0.5) is 5.82 Å². The second-order valence-electron chi connectivity index (χ2n) is 6.56. The Kier molecular flexibility index (Phi) is 5.06. The molecule has 3 aromatic rings. The van der Waals surface area contributed by atoms with E-state index < -0.39 is 0 Å². The van der Waals surface area contributed by atoms with E-state index in [1.807, 2.05) is 38.3 Å². The number of rotatable bonds is 6. The van der Waals surface area contributed by atoms with Crippen LogP contribution in [0.25, 0.3) is 22.6 Å². The number of aromatic nitrogens is 5. The molecular formula is C19H26N6O. The molecule has 138 valence electrons. The van der Waals surface area contributed by atoms with Crippen molar-refractivity contribution < 1.29 is 4.74 Å². The fourth-order valence-corrected chi connectivity index (χ4v) is 3.15. The minimum Gasteiger partial charge on any atom is -0.496 e. The Morgan fingerprint density at radius 1 is 1.15 bits per heavy atom. The first kappa shape index (κ1) is 18.1. The van der Waals surface area contributed by atoms with Crippen molar-refractivity contribution in [2.75, 3.05) is 26.1 Å². The normalized spacial score (nSPS) is 11.3. The van der Waals surface area contributed by atoms with Gasteiger partial charge in [0.2, 0.25) is 0 Å². The van der Waals surface area contributed by atoms with Gasteiger partial charge < -0.3 is 14.2 Å². The van der Waals surface area contributed by atoms with Crippen molar-refractivity contribution in [3.63, 3.8) is 0 Å². The number of fused-ring (bicyclic) bond motifs is 1. The van der Waals surface area contributed by atoms with Crippen LogP contribution in [0.15, 0.2) is 18.6 Å². The summed E-state index contributed by atoms with van der Waals surface area (Å²) in [7, 11) is 5.55. The van der Waals surface area contributed by atoms with E-state index in [1.165, 1.54) is 0 Å². The van der Waals surface area contributed by atoms with Crippen molar-refractivity contribution in [2.24, 2.45) is 0 Å². The molecule has 0 aliphatic carbocycles. The second-order valence-corrected chi connectivity index (χ2v) is 6.56. The fraction of sp³-hybridized carbons (Fsp3) is 0.474. The molecule has 0 saturated heterocycles. The molecule has 0 unspecified atom stereocenters. The third kappa shape index (κ3) is 3.09. The molecule has 0 bridgehead atoms. The van der Waals surface area contributed by atoms with E-state index in [0.717, 1.165) is 47.0 Å². The summed E-state index contributed by atoms with van der Waals surface area (Å²) in [5, 5.41) is 0. The minimum atomic E-state index is 0.384. The smallest absolute Gasteiger partial charge is 0.198 e. The highest BCUT2D eigenvalue weighted by molar-refractivity contribution is 5.76. The van der Waals surface area contributed by atoms with E-state index >= 15 is 0 Å². The van der Waals surface area contributed by atoms with Crippen LogP contribution in [0.2, 0.25) is 0 Å². The average molecular weight is 354 g/mol. The first-order chi connectivity index (χ1) is 12.5. The molecule has 3 heterocycles. The molecule has 0 fully saturated rings. The van der Waals surface area contributed by atoms with Gasteiger partial charge in [-0.1, -0.05) is 13.8 Å². The predicted molar refractivity (Wildman–Crippen MR) is 104 cm³/mol. The topological polar surface area (TPSA) is 69.0 Å². The Balaban J connectivity index is 2.14. The lowest BCUT2D eigenvalue weighted by Crippen LogP contribution is -2.11. The first-order valence-corrected chi connectivity index (χ1v) is 8.93. The lowest BCUT2D eigenvalue weighted by atomic mass is 10.1. The zero-order valence-electron chi connectivity index (χ0n) is 16.3. The highest BCUT2D eigenvalue weighted by Gasteiger charge is 2.18. The van der Waals surface area contributed by atoms with Crippen molar-refractivity contribution in [2.45, 2.75) is 39.7 Å². The maximum absolute atomic E-state index is 5.58. The summed E-state index contributed by atoms with van der Waals surface area (Å²) in [6.45, 7) is 6.32. The van der Waals surface area contributed by atoms with Crippen LogP contribution in [-0.4, -0.2) is 45.7 Å². The van der Waals surface area contributed by atoms with E-state index in [2.05, 4.69) is 28.4 Å². The molecule has 26 heavy (non-hydrogen) atoms. The Morgan fingerprint density at radius 3 is 2.50 bits per heavy atom. The van der Waals surface area contributed by atoms with E-state index in [4.69, 9.17) is 14.7 Å². The number of anilines is 1. The zero-order chi connectivity index (χ0) is 18.8. The maximum atomic E-state index is 5.58. The number of methoxy groups -OCH3 is 1. The predicted octanol–water partition coefficient (Wildman–Crippen LogP) is 3.63. The van der Waals surface area contributed by atoms with Crippen molar-refractivity contribution in [1.29, 1.82) is 0 Å². The summed E-state index contributed by atoms with van der Waals surface area (Å²) in [6, 6.07) is 2.29. The van der Waals surface area contributed by atoms with Gasteiger partial charge in [0, 0.05) is 32.4 Å². The van der Waals surface area contributed by atoms with E-state index in [9.17, 15) is 0 Å².